The van der Waals surface area contributed by atoms with Crippen LogP contribution in [0.4, 0.5) is 0 Å². The van der Waals surface area contributed by atoms with Gasteiger partial charge in [0.2, 0.25) is 0 Å². The number of benzene rings is 2. The zero-order valence-corrected chi connectivity index (χ0v) is 18.3. The van der Waals surface area contributed by atoms with E-state index in [1.807, 2.05) is 55.5 Å². The summed E-state index contributed by atoms with van der Waals surface area (Å²) in [7, 11) is 0. The molecule has 0 atom stereocenters. The highest BCUT2D eigenvalue weighted by Gasteiger charge is 2.18. The summed E-state index contributed by atoms with van der Waals surface area (Å²) in [6.07, 6.45) is 3.30. The fourth-order valence-electron chi connectivity index (χ4n) is 3.61. The maximum Gasteiger partial charge on any atom is 0.272 e. The van der Waals surface area contributed by atoms with Crippen LogP contribution in [0, 0.1) is 18.3 Å². The number of hydrogen-bond donors (Lipinski definition) is 1. The lowest BCUT2D eigenvalue weighted by molar-refractivity contribution is 0.0945. The molecular weight excluding hydrogens is 426 g/mol. The quantitative estimate of drug-likeness (QED) is 0.438. The lowest BCUT2D eigenvalue weighted by Gasteiger charge is -2.08. The highest BCUT2D eigenvalue weighted by atomic mass is 16.1. The van der Waals surface area contributed by atoms with E-state index in [2.05, 4.69) is 31.4 Å². The van der Waals surface area contributed by atoms with Gasteiger partial charge < -0.3 is 5.32 Å². The number of pyridine rings is 1. The van der Waals surface area contributed by atoms with Crippen molar-refractivity contribution >= 4 is 16.9 Å². The van der Waals surface area contributed by atoms with Crippen LogP contribution >= 0.6 is 0 Å². The highest BCUT2D eigenvalue weighted by Crippen LogP contribution is 2.26. The molecule has 164 valence electrons. The van der Waals surface area contributed by atoms with E-state index in [0.717, 1.165) is 27.9 Å². The number of fused-ring (bicyclic) bond motifs is 1. The Kier molecular flexibility index (Phi) is 5.50. The fraction of sp³-hybridized carbons (Fsp3) is 0.0769. The fourth-order valence-corrected chi connectivity index (χ4v) is 3.61. The van der Waals surface area contributed by atoms with E-state index >= 15 is 0 Å². The van der Waals surface area contributed by atoms with Gasteiger partial charge in [0.25, 0.3) is 5.91 Å². The summed E-state index contributed by atoms with van der Waals surface area (Å²) in [4.78, 5) is 26.3. The van der Waals surface area contributed by atoms with Crippen molar-refractivity contribution in [3.8, 4) is 23.1 Å². The summed E-state index contributed by atoms with van der Waals surface area (Å²) >= 11 is 0. The molecule has 1 amide bonds. The average molecular weight is 445 g/mol. The maximum absolute atomic E-state index is 13.0. The summed E-state index contributed by atoms with van der Waals surface area (Å²) in [6, 6.07) is 22.3. The molecule has 0 unspecified atom stereocenters. The second kappa shape index (κ2) is 8.92. The minimum Gasteiger partial charge on any atom is -0.347 e. The molecule has 0 spiro atoms. The second-order valence-corrected chi connectivity index (χ2v) is 7.72. The normalized spacial score (nSPS) is 10.7. The average Bonchev–Trinajstić information content (AvgIpc) is 3.33. The van der Waals surface area contributed by atoms with Gasteiger partial charge in [0.1, 0.15) is 0 Å². The Morgan fingerprint density at radius 3 is 2.56 bits per heavy atom. The predicted octanol–water partition coefficient (Wildman–Crippen LogP) is 3.99. The molecule has 0 aliphatic heterocycles. The standard InChI is InChI=1S/C26H19N7O/c1-17-3-2-4-25(31-17)33-24(20-9-10-21-22(13-20)29-12-11-28-21)14-23(32-33)26(34)30-16-19-7-5-18(15-27)6-8-19/h2-14H,16H2,1H3,(H,30,34). The minimum atomic E-state index is -0.308. The van der Waals surface area contributed by atoms with E-state index in [1.165, 1.54) is 0 Å². The highest BCUT2D eigenvalue weighted by molar-refractivity contribution is 5.94. The number of rotatable bonds is 5. The van der Waals surface area contributed by atoms with Crippen LogP contribution in [-0.4, -0.2) is 30.6 Å². The van der Waals surface area contributed by atoms with E-state index in [-0.39, 0.29) is 11.6 Å². The van der Waals surface area contributed by atoms with Crippen LogP contribution in [0.3, 0.4) is 0 Å². The van der Waals surface area contributed by atoms with Crippen molar-refractivity contribution in [1.82, 2.24) is 30.0 Å². The Hall–Kier alpha value is -4.90. The Morgan fingerprint density at radius 2 is 1.79 bits per heavy atom. The zero-order chi connectivity index (χ0) is 23.5. The van der Waals surface area contributed by atoms with Gasteiger partial charge in [-0.25, -0.2) is 9.67 Å². The van der Waals surface area contributed by atoms with Crippen molar-refractivity contribution in [1.29, 1.82) is 5.26 Å². The number of nitrogens with one attached hydrogen (secondary N) is 1. The zero-order valence-electron chi connectivity index (χ0n) is 18.3. The van der Waals surface area contributed by atoms with Gasteiger partial charge in [-0.3, -0.25) is 14.8 Å². The predicted molar refractivity (Wildman–Crippen MR) is 127 cm³/mol. The number of aryl methyl sites for hydroxylation is 1. The van der Waals surface area contributed by atoms with E-state index in [1.54, 1.807) is 35.3 Å². The second-order valence-electron chi connectivity index (χ2n) is 7.72. The molecule has 2 aromatic carbocycles. The van der Waals surface area contributed by atoms with Crippen molar-refractivity contribution < 1.29 is 4.79 Å². The molecule has 0 saturated carbocycles. The van der Waals surface area contributed by atoms with Crippen LogP contribution in [0.1, 0.15) is 27.3 Å². The molecule has 0 radical (unpaired) electrons. The first-order valence-electron chi connectivity index (χ1n) is 10.6. The smallest absolute Gasteiger partial charge is 0.272 e. The minimum absolute atomic E-state index is 0.270. The third-order valence-electron chi connectivity index (χ3n) is 5.33. The van der Waals surface area contributed by atoms with Crippen LogP contribution in [-0.2, 0) is 6.54 Å². The molecule has 3 aromatic heterocycles. The molecule has 0 aliphatic rings. The van der Waals surface area contributed by atoms with Crippen LogP contribution in [0.25, 0.3) is 28.1 Å². The number of nitrogens with zero attached hydrogens (tertiary/aromatic N) is 6. The van der Waals surface area contributed by atoms with Crippen molar-refractivity contribution in [2.24, 2.45) is 0 Å². The molecule has 0 aliphatic carbocycles. The number of carbonyl (C=O) groups excluding carboxylic acids is 1. The largest absolute Gasteiger partial charge is 0.347 e. The van der Waals surface area contributed by atoms with Crippen molar-refractivity contribution in [2.75, 3.05) is 0 Å². The Bertz CT molecular complexity index is 1550. The van der Waals surface area contributed by atoms with Crippen molar-refractivity contribution in [3.63, 3.8) is 0 Å². The first kappa shape index (κ1) is 21.0. The van der Waals surface area contributed by atoms with Crippen LogP contribution in [0.15, 0.2) is 79.1 Å². The van der Waals surface area contributed by atoms with Crippen LogP contribution in [0.2, 0.25) is 0 Å². The van der Waals surface area contributed by atoms with Gasteiger partial charge in [-0.15, -0.1) is 0 Å². The van der Waals surface area contributed by atoms with Gasteiger partial charge in [-0.2, -0.15) is 10.4 Å². The molecule has 0 fully saturated rings. The number of carbonyl (C=O) groups is 1. The number of hydrogen-bond acceptors (Lipinski definition) is 6. The van der Waals surface area contributed by atoms with Gasteiger partial charge in [-0.05, 0) is 55.0 Å². The third kappa shape index (κ3) is 4.23. The van der Waals surface area contributed by atoms with Crippen LogP contribution < -0.4 is 5.32 Å². The van der Waals surface area contributed by atoms with Crippen molar-refractivity contribution in [3.05, 3.63) is 102 Å². The Balaban J connectivity index is 1.50. The van der Waals surface area contributed by atoms with E-state index in [4.69, 9.17) is 5.26 Å². The van der Waals surface area contributed by atoms with Gasteiger partial charge in [0, 0.05) is 30.2 Å². The molecule has 34 heavy (non-hydrogen) atoms. The Labute approximate surface area is 195 Å². The summed E-state index contributed by atoms with van der Waals surface area (Å²) in [5.74, 6) is 0.304. The monoisotopic (exact) mass is 445 g/mol. The number of aromatic nitrogens is 5. The van der Waals surface area contributed by atoms with Crippen molar-refractivity contribution in [2.45, 2.75) is 13.5 Å². The first-order chi connectivity index (χ1) is 16.6. The Morgan fingerprint density at radius 1 is 1.00 bits per heavy atom. The summed E-state index contributed by atoms with van der Waals surface area (Å²) in [6.45, 7) is 2.23. The lowest BCUT2D eigenvalue weighted by Crippen LogP contribution is -2.23. The van der Waals surface area contributed by atoms with Gasteiger partial charge in [0.15, 0.2) is 11.5 Å². The molecule has 3 heterocycles. The molecular formula is C26H19N7O. The van der Waals surface area contributed by atoms with E-state index < -0.39 is 0 Å². The summed E-state index contributed by atoms with van der Waals surface area (Å²) in [5, 5.41) is 16.4. The molecule has 8 heteroatoms. The third-order valence-corrected chi connectivity index (χ3v) is 5.33. The molecule has 0 saturated heterocycles. The summed E-state index contributed by atoms with van der Waals surface area (Å²) in [5.41, 5.74) is 5.67. The molecule has 5 aromatic rings. The van der Waals surface area contributed by atoms with Gasteiger partial charge in [0.05, 0.1) is 28.4 Å². The molecule has 0 bridgehead atoms. The molecule has 8 nitrogen and oxygen atoms in total. The molecule has 1 N–H and O–H groups in total. The number of amides is 1. The first-order valence-corrected chi connectivity index (χ1v) is 10.6. The van der Waals surface area contributed by atoms with Gasteiger partial charge in [-0.1, -0.05) is 24.3 Å². The molecule has 5 rings (SSSR count). The number of nitriles is 1. The van der Waals surface area contributed by atoms with E-state index in [0.29, 0.717) is 23.6 Å². The topological polar surface area (TPSA) is 109 Å². The maximum atomic E-state index is 13.0. The van der Waals surface area contributed by atoms with Crippen LogP contribution in [0.5, 0.6) is 0 Å². The summed E-state index contributed by atoms with van der Waals surface area (Å²) < 4.78 is 1.67. The SMILES string of the molecule is Cc1cccc(-n2nc(C(=O)NCc3ccc(C#N)cc3)cc2-c2ccc3nccnc3c2)n1. The van der Waals surface area contributed by atoms with Gasteiger partial charge >= 0.3 is 0 Å². The lowest BCUT2D eigenvalue weighted by atomic mass is 10.1. The van der Waals surface area contributed by atoms with E-state index in [9.17, 15) is 4.79 Å².